The van der Waals surface area contributed by atoms with Gasteiger partial charge in [-0.15, -0.1) is 0 Å². The van der Waals surface area contributed by atoms with E-state index in [0.29, 0.717) is 36.7 Å². The van der Waals surface area contributed by atoms with E-state index in [0.717, 1.165) is 12.8 Å². The lowest BCUT2D eigenvalue weighted by molar-refractivity contribution is 0.526. The number of hydrogen-bond donors (Lipinski definition) is 3. The molecule has 0 aliphatic carbocycles. The van der Waals surface area contributed by atoms with Crippen molar-refractivity contribution < 1.29 is 0 Å². The number of nitrogens with two attached hydrogens (primary N) is 1. The van der Waals surface area contributed by atoms with Crippen molar-refractivity contribution in [1.29, 1.82) is 0 Å². The Morgan fingerprint density at radius 2 is 1.41 bits per heavy atom. The summed E-state index contributed by atoms with van der Waals surface area (Å²) in [5.74, 6) is 0.604. The molecular formula is C24H44N6O2. The SMILES string of the molecule is CCCCCCCCCCCCCCCCn1c(NCCN)nc2c1c(=O)[nH]c(=O)n2C. The average molecular weight is 449 g/mol. The number of nitrogens with zero attached hydrogens (tertiary/aromatic N) is 3. The molecule has 0 aliphatic rings. The topological polar surface area (TPSA) is 111 Å². The van der Waals surface area contributed by atoms with Gasteiger partial charge in [-0.25, -0.2) is 4.79 Å². The summed E-state index contributed by atoms with van der Waals surface area (Å²) in [6.07, 6.45) is 18.3. The van der Waals surface area contributed by atoms with Crippen LogP contribution in [-0.2, 0) is 13.6 Å². The molecule has 2 aromatic heterocycles. The van der Waals surface area contributed by atoms with Gasteiger partial charge in [0, 0.05) is 26.7 Å². The third-order valence-corrected chi connectivity index (χ3v) is 6.17. The summed E-state index contributed by atoms with van der Waals surface area (Å²) in [7, 11) is 1.62. The Morgan fingerprint density at radius 3 is 1.94 bits per heavy atom. The van der Waals surface area contributed by atoms with Crippen molar-refractivity contribution in [3.63, 3.8) is 0 Å². The highest BCUT2D eigenvalue weighted by Crippen LogP contribution is 2.17. The van der Waals surface area contributed by atoms with Crippen LogP contribution in [0.5, 0.6) is 0 Å². The van der Waals surface area contributed by atoms with E-state index in [4.69, 9.17) is 5.73 Å². The summed E-state index contributed by atoms with van der Waals surface area (Å²) in [5, 5.41) is 3.18. The quantitative estimate of drug-likeness (QED) is 0.295. The molecule has 2 heterocycles. The molecular weight excluding hydrogens is 404 g/mol. The minimum Gasteiger partial charge on any atom is -0.354 e. The third-order valence-electron chi connectivity index (χ3n) is 6.17. The van der Waals surface area contributed by atoms with Gasteiger partial charge in [0.25, 0.3) is 5.56 Å². The highest BCUT2D eigenvalue weighted by atomic mass is 16.2. The monoisotopic (exact) mass is 448 g/mol. The molecule has 32 heavy (non-hydrogen) atoms. The van der Waals surface area contributed by atoms with Gasteiger partial charge in [0.15, 0.2) is 11.2 Å². The van der Waals surface area contributed by atoms with E-state index in [1.54, 1.807) is 7.05 Å². The van der Waals surface area contributed by atoms with Gasteiger partial charge in [-0.3, -0.25) is 14.3 Å². The number of anilines is 1. The number of aromatic nitrogens is 4. The Bertz CT molecular complexity index is 898. The minimum absolute atomic E-state index is 0.387. The largest absolute Gasteiger partial charge is 0.354 e. The predicted octanol–water partition coefficient (Wildman–Crippen LogP) is 4.28. The van der Waals surface area contributed by atoms with Crippen LogP contribution >= 0.6 is 0 Å². The van der Waals surface area contributed by atoms with Gasteiger partial charge in [-0.05, 0) is 6.42 Å². The lowest BCUT2D eigenvalue weighted by atomic mass is 10.0. The second-order valence-corrected chi connectivity index (χ2v) is 8.89. The maximum Gasteiger partial charge on any atom is 0.329 e. The number of aryl methyl sites for hydroxylation is 2. The molecule has 0 unspecified atom stereocenters. The smallest absolute Gasteiger partial charge is 0.329 e. The van der Waals surface area contributed by atoms with Crippen molar-refractivity contribution in [3.8, 4) is 0 Å². The van der Waals surface area contributed by atoms with Gasteiger partial charge < -0.3 is 15.6 Å². The summed E-state index contributed by atoms with van der Waals surface area (Å²) in [6, 6.07) is 0. The molecule has 0 fully saturated rings. The Kier molecular flexibility index (Phi) is 12.2. The zero-order valence-electron chi connectivity index (χ0n) is 20.3. The number of hydrogen-bond acceptors (Lipinski definition) is 5. The Balaban J connectivity index is 1.70. The fourth-order valence-electron chi connectivity index (χ4n) is 4.24. The van der Waals surface area contributed by atoms with Crippen LogP contribution in [-0.4, -0.2) is 32.2 Å². The van der Waals surface area contributed by atoms with Crippen molar-refractivity contribution >= 4 is 17.1 Å². The van der Waals surface area contributed by atoms with Crippen molar-refractivity contribution in [3.05, 3.63) is 20.8 Å². The van der Waals surface area contributed by atoms with Gasteiger partial charge >= 0.3 is 5.69 Å². The molecule has 2 aromatic rings. The van der Waals surface area contributed by atoms with Crippen LogP contribution in [0.25, 0.3) is 11.2 Å². The highest BCUT2D eigenvalue weighted by Gasteiger charge is 2.16. The fraction of sp³-hybridized carbons (Fsp3) is 0.792. The van der Waals surface area contributed by atoms with E-state index in [1.807, 2.05) is 4.57 Å². The molecule has 0 saturated carbocycles. The normalized spacial score (nSPS) is 11.5. The van der Waals surface area contributed by atoms with Crippen LogP contribution in [0.4, 0.5) is 5.95 Å². The lowest BCUT2D eigenvalue weighted by Crippen LogP contribution is -2.29. The number of fused-ring (bicyclic) bond motifs is 1. The van der Waals surface area contributed by atoms with Crippen molar-refractivity contribution in [2.75, 3.05) is 18.4 Å². The average Bonchev–Trinajstić information content (AvgIpc) is 3.15. The standard InChI is InChI=1S/C24H44N6O2/c1-3-4-5-6-7-8-9-10-11-12-13-14-15-16-19-30-20-21(27-23(30)26-18-17-25)29(2)24(32)28-22(20)31/h3-19,25H2,1-2H3,(H,26,27)(H,28,31,32). The van der Waals surface area contributed by atoms with E-state index in [1.165, 1.54) is 81.6 Å². The zero-order chi connectivity index (χ0) is 23.2. The maximum absolute atomic E-state index is 12.4. The molecule has 182 valence electrons. The number of aromatic amines is 1. The summed E-state index contributed by atoms with van der Waals surface area (Å²) >= 11 is 0. The number of imidazole rings is 1. The molecule has 0 bridgehead atoms. The van der Waals surface area contributed by atoms with Crippen LogP contribution in [0.3, 0.4) is 0 Å². The van der Waals surface area contributed by atoms with Gasteiger partial charge in [0.2, 0.25) is 5.95 Å². The first-order valence-electron chi connectivity index (χ1n) is 12.7. The zero-order valence-corrected chi connectivity index (χ0v) is 20.3. The highest BCUT2D eigenvalue weighted by molar-refractivity contribution is 5.74. The molecule has 0 spiro atoms. The van der Waals surface area contributed by atoms with Crippen LogP contribution in [0.15, 0.2) is 9.59 Å². The molecule has 8 nitrogen and oxygen atoms in total. The second-order valence-electron chi connectivity index (χ2n) is 8.89. The van der Waals surface area contributed by atoms with Gasteiger partial charge in [0.1, 0.15) is 0 Å². The van der Waals surface area contributed by atoms with Crippen LogP contribution < -0.4 is 22.3 Å². The molecule has 0 amide bonds. The first kappa shape index (κ1) is 26.2. The van der Waals surface area contributed by atoms with E-state index in [9.17, 15) is 9.59 Å². The summed E-state index contributed by atoms with van der Waals surface area (Å²) in [4.78, 5) is 31.2. The van der Waals surface area contributed by atoms with Gasteiger partial charge in [0.05, 0.1) is 0 Å². The maximum atomic E-state index is 12.4. The summed E-state index contributed by atoms with van der Waals surface area (Å²) in [6.45, 7) is 4.00. The van der Waals surface area contributed by atoms with Crippen LogP contribution in [0.1, 0.15) is 96.8 Å². The third kappa shape index (κ3) is 8.11. The molecule has 0 atom stereocenters. The Hall–Kier alpha value is -2.09. The molecule has 0 saturated heterocycles. The number of unbranched alkanes of at least 4 members (excludes halogenated alkanes) is 13. The predicted molar refractivity (Wildman–Crippen MR) is 133 cm³/mol. The van der Waals surface area contributed by atoms with Gasteiger partial charge in [-0.2, -0.15) is 4.98 Å². The summed E-state index contributed by atoms with van der Waals surface area (Å²) in [5.41, 5.74) is 5.63. The van der Waals surface area contributed by atoms with Crippen LogP contribution in [0, 0.1) is 0 Å². The van der Waals surface area contributed by atoms with Crippen LogP contribution in [0.2, 0.25) is 0 Å². The van der Waals surface area contributed by atoms with Crippen molar-refractivity contribution in [2.24, 2.45) is 12.8 Å². The lowest BCUT2D eigenvalue weighted by Gasteiger charge is -2.10. The van der Waals surface area contributed by atoms with Crippen molar-refractivity contribution in [1.82, 2.24) is 19.1 Å². The van der Waals surface area contributed by atoms with E-state index < -0.39 is 5.69 Å². The van der Waals surface area contributed by atoms with E-state index >= 15 is 0 Å². The first-order chi connectivity index (χ1) is 15.6. The molecule has 2 rings (SSSR count). The fourth-order valence-corrected chi connectivity index (χ4v) is 4.24. The second kappa shape index (κ2) is 14.9. The number of nitrogens with one attached hydrogen (secondary N) is 2. The summed E-state index contributed by atoms with van der Waals surface area (Å²) < 4.78 is 3.27. The van der Waals surface area contributed by atoms with E-state index in [2.05, 4.69) is 22.2 Å². The number of H-pyrrole nitrogens is 1. The molecule has 0 radical (unpaired) electrons. The molecule has 4 N–H and O–H groups in total. The Morgan fingerprint density at radius 1 is 0.875 bits per heavy atom. The molecule has 0 aromatic carbocycles. The first-order valence-corrected chi connectivity index (χ1v) is 12.7. The van der Waals surface area contributed by atoms with Crippen molar-refractivity contribution in [2.45, 2.75) is 103 Å². The van der Waals surface area contributed by atoms with E-state index in [-0.39, 0.29) is 5.56 Å². The minimum atomic E-state index is -0.450. The molecule has 0 aliphatic heterocycles. The van der Waals surface area contributed by atoms with Gasteiger partial charge in [-0.1, -0.05) is 90.4 Å². The number of rotatable bonds is 18. The Labute approximate surface area is 192 Å². The molecule has 8 heteroatoms.